The number of aliphatic hydroxyl groups is 1. The highest BCUT2D eigenvalue weighted by Crippen LogP contribution is 2.39. The van der Waals surface area contributed by atoms with Gasteiger partial charge >= 0.3 is 6.18 Å². The standard InChI is InChI=1S/C14H15F3O2/c15-14(16,17)11-7-3-1-5-9(11)13(19)10-6-2-4-8-12(10)18/h1,3,5,7,10,13,19H,2,4,6,8H2/t10-,13+/m1/s1. The van der Waals surface area contributed by atoms with Crippen molar-refractivity contribution in [2.45, 2.75) is 38.0 Å². The van der Waals surface area contributed by atoms with Crippen LogP contribution in [0.1, 0.15) is 42.9 Å². The minimum Gasteiger partial charge on any atom is -0.388 e. The van der Waals surface area contributed by atoms with Gasteiger partial charge in [-0.1, -0.05) is 24.6 Å². The van der Waals surface area contributed by atoms with Crippen LogP contribution in [0.3, 0.4) is 0 Å². The summed E-state index contributed by atoms with van der Waals surface area (Å²) in [7, 11) is 0. The molecule has 19 heavy (non-hydrogen) atoms. The maximum atomic E-state index is 12.9. The SMILES string of the molecule is O=C1CCCC[C@H]1[C@@H](O)c1ccccc1C(F)(F)F. The molecule has 1 aliphatic carbocycles. The average molecular weight is 272 g/mol. The van der Waals surface area contributed by atoms with Gasteiger partial charge in [-0.2, -0.15) is 13.2 Å². The van der Waals surface area contributed by atoms with Crippen LogP contribution in [0.5, 0.6) is 0 Å². The normalized spacial score (nSPS) is 22.3. The van der Waals surface area contributed by atoms with E-state index in [1.54, 1.807) is 0 Å². The molecule has 2 nitrogen and oxygen atoms in total. The number of benzene rings is 1. The first kappa shape index (κ1) is 14.1. The number of Topliss-reactive ketones (excluding diaryl/α,β-unsaturated/α-hetero) is 1. The predicted octanol–water partition coefficient (Wildman–Crippen LogP) is 3.50. The third-order valence-corrected chi connectivity index (χ3v) is 3.57. The van der Waals surface area contributed by atoms with Crippen molar-refractivity contribution in [3.8, 4) is 0 Å². The third kappa shape index (κ3) is 2.97. The largest absolute Gasteiger partial charge is 0.416 e. The van der Waals surface area contributed by atoms with Gasteiger partial charge in [-0.25, -0.2) is 0 Å². The molecule has 2 atom stereocenters. The zero-order valence-electron chi connectivity index (χ0n) is 10.3. The van der Waals surface area contributed by atoms with E-state index in [1.807, 2.05) is 0 Å². The van der Waals surface area contributed by atoms with Crippen LogP contribution in [0.2, 0.25) is 0 Å². The Morgan fingerprint density at radius 1 is 1.21 bits per heavy atom. The van der Waals surface area contributed by atoms with Crippen molar-refractivity contribution in [2.24, 2.45) is 5.92 Å². The van der Waals surface area contributed by atoms with Crippen molar-refractivity contribution in [3.63, 3.8) is 0 Å². The number of hydrogen-bond acceptors (Lipinski definition) is 2. The Kier molecular flexibility index (Phi) is 3.94. The van der Waals surface area contributed by atoms with E-state index in [0.717, 1.165) is 18.9 Å². The summed E-state index contributed by atoms with van der Waals surface area (Å²) in [5.41, 5.74) is -1.06. The zero-order valence-corrected chi connectivity index (χ0v) is 10.3. The molecule has 1 fully saturated rings. The highest BCUT2D eigenvalue weighted by Gasteiger charge is 2.38. The summed E-state index contributed by atoms with van der Waals surface area (Å²) in [5.74, 6) is -0.854. The van der Waals surface area contributed by atoms with Gasteiger partial charge in [-0.15, -0.1) is 0 Å². The fourth-order valence-electron chi connectivity index (χ4n) is 2.57. The molecule has 0 unspecified atom stereocenters. The van der Waals surface area contributed by atoms with Crippen LogP contribution in [0.15, 0.2) is 24.3 Å². The summed E-state index contributed by atoms with van der Waals surface area (Å²) in [6, 6.07) is 4.91. The van der Waals surface area contributed by atoms with E-state index in [2.05, 4.69) is 0 Å². The Bertz CT molecular complexity index is 468. The molecule has 0 saturated heterocycles. The number of carbonyl (C=O) groups excluding carboxylic acids is 1. The molecular formula is C14H15F3O2. The predicted molar refractivity (Wildman–Crippen MR) is 63.4 cm³/mol. The van der Waals surface area contributed by atoms with Crippen molar-refractivity contribution in [1.29, 1.82) is 0 Å². The van der Waals surface area contributed by atoms with Crippen LogP contribution in [-0.4, -0.2) is 10.9 Å². The van der Waals surface area contributed by atoms with Gasteiger partial charge in [-0.3, -0.25) is 4.79 Å². The first-order valence-corrected chi connectivity index (χ1v) is 6.28. The van der Waals surface area contributed by atoms with Crippen LogP contribution in [0.25, 0.3) is 0 Å². The molecule has 5 heteroatoms. The maximum Gasteiger partial charge on any atom is 0.416 e. The summed E-state index contributed by atoms with van der Waals surface area (Å²) in [6.45, 7) is 0. The molecule has 1 aromatic carbocycles. The second kappa shape index (κ2) is 5.33. The Morgan fingerprint density at radius 2 is 1.89 bits per heavy atom. The van der Waals surface area contributed by atoms with Crippen LogP contribution >= 0.6 is 0 Å². The van der Waals surface area contributed by atoms with Gasteiger partial charge in [0.15, 0.2) is 0 Å². The third-order valence-electron chi connectivity index (χ3n) is 3.57. The molecule has 1 aromatic rings. The Hall–Kier alpha value is -1.36. The molecular weight excluding hydrogens is 257 g/mol. The second-order valence-electron chi connectivity index (χ2n) is 4.85. The summed E-state index contributed by atoms with van der Waals surface area (Å²) < 4.78 is 38.6. The minimum absolute atomic E-state index is 0.143. The van der Waals surface area contributed by atoms with Crippen molar-refractivity contribution in [1.82, 2.24) is 0 Å². The van der Waals surface area contributed by atoms with Crippen molar-refractivity contribution in [3.05, 3.63) is 35.4 Å². The maximum absolute atomic E-state index is 12.9. The van der Waals surface area contributed by atoms with E-state index in [0.29, 0.717) is 12.8 Å². The summed E-state index contributed by atoms with van der Waals surface area (Å²) >= 11 is 0. The summed E-state index contributed by atoms with van der Waals surface area (Å²) in [6.07, 6.45) is -3.58. The average Bonchev–Trinajstić information content (AvgIpc) is 2.37. The number of aliphatic hydroxyl groups excluding tert-OH is 1. The highest BCUT2D eigenvalue weighted by molar-refractivity contribution is 5.82. The molecule has 1 aliphatic rings. The number of halogens is 3. The van der Waals surface area contributed by atoms with Gasteiger partial charge < -0.3 is 5.11 Å². The smallest absolute Gasteiger partial charge is 0.388 e. The topological polar surface area (TPSA) is 37.3 Å². The molecule has 0 aliphatic heterocycles. The quantitative estimate of drug-likeness (QED) is 0.894. The zero-order chi connectivity index (χ0) is 14.0. The monoisotopic (exact) mass is 272 g/mol. The Labute approximate surface area is 109 Å². The first-order valence-electron chi connectivity index (χ1n) is 6.28. The second-order valence-corrected chi connectivity index (χ2v) is 4.85. The van der Waals surface area contributed by atoms with Crippen LogP contribution in [0, 0.1) is 5.92 Å². The molecule has 0 bridgehead atoms. The lowest BCUT2D eigenvalue weighted by Crippen LogP contribution is -2.27. The molecule has 0 heterocycles. The van der Waals surface area contributed by atoms with Crippen LogP contribution < -0.4 is 0 Å². The highest BCUT2D eigenvalue weighted by atomic mass is 19.4. The molecule has 1 saturated carbocycles. The van der Waals surface area contributed by atoms with Gasteiger partial charge in [0.2, 0.25) is 0 Å². The van der Waals surface area contributed by atoms with E-state index >= 15 is 0 Å². The van der Waals surface area contributed by atoms with Gasteiger partial charge in [-0.05, 0) is 24.5 Å². The van der Waals surface area contributed by atoms with Crippen molar-refractivity contribution >= 4 is 5.78 Å². The number of ketones is 1. The van der Waals surface area contributed by atoms with Crippen molar-refractivity contribution < 1.29 is 23.1 Å². The number of hydrogen-bond donors (Lipinski definition) is 1. The molecule has 1 N–H and O–H groups in total. The fraction of sp³-hybridized carbons (Fsp3) is 0.500. The van der Waals surface area contributed by atoms with E-state index in [4.69, 9.17) is 0 Å². The minimum atomic E-state index is -4.52. The molecule has 0 radical (unpaired) electrons. The Morgan fingerprint density at radius 3 is 2.53 bits per heavy atom. The summed E-state index contributed by atoms with van der Waals surface area (Å²) in [4.78, 5) is 11.7. The van der Waals surface area contributed by atoms with E-state index in [9.17, 15) is 23.1 Å². The molecule has 0 aromatic heterocycles. The summed E-state index contributed by atoms with van der Waals surface area (Å²) in [5, 5.41) is 10.1. The van der Waals surface area contributed by atoms with Gasteiger partial charge in [0.05, 0.1) is 11.7 Å². The number of carbonyl (C=O) groups is 1. The molecule has 2 rings (SSSR count). The van der Waals surface area contributed by atoms with Crippen molar-refractivity contribution in [2.75, 3.05) is 0 Å². The lowest BCUT2D eigenvalue weighted by molar-refractivity contribution is -0.141. The molecule has 0 spiro atoms. The first-order chi connectivity index (χ1) is 8.91. The Balaban J connectivity index is 2.33. The van der Waals surface area contributed by atoms with E-state index < -0.39 is 23.8 Å². The number of alkyl halides is 3. The molecule has 0 amide bonds. The fourth-order valence-corrected chi connectivity index (χ4v) is 2.57. The molecule has 104 valence electrons. The van der Waals surface area contributed by atoms with E-state index in [1.165, 1.54) is 18.2 Å². The lowest BCUT2D eigenvalue weighted by atomic mass is 9.80. The van der Waals surface area contributed by atoms with Gasteiger partial charge in [0, 0.05) is 12.3 Å². The van der Waals surface area contributed by atoms with E-state index in [-0.39, 0.29) is 11.3 Å². The lowest BCUT2D eigenvalue weighted by Gasteiger charge is -2.27. The van der Waals surface area contributed by atoms with Crippen LogP contribution in [0.4, 0.5) is 13.2 Å². The number of rotatable bonds is 2. The van der Waals surface area contributed by atoms with Gasteiger partial charge in [0.1, 0.15) is 5.78 Å². The van der Waals surface area contributed by atoms with Gasteiger partial charge in [0.25, 0.3) is 0 Å². The van der Waals surface area contributed by atoms with Crippen LogP contribution in [-0.2, 0) is 11.0 Å².